The second-order valence-electron chi connectivity index (χ2n) is 2.78. The molecule has 1 aromatic carbocycles. The fraction of sp³-hybridized carbons (Fsp3) is 0.333. The number of anilines is 1. The number of halogens is 1. The summed E-state index contributed by atoms with van der Waals surface area (Å²) in [5, 5.41) is 3.67. The summed E-state index contributed by atoms with van der Waals surface area (Å²) in [7, 11) is 1.01. The Kier molecular flexibility index (Phi) is 3.75. The number of nitrogens with one attached hydrogen (secondary N) is 1. The molecule has 72 valence electrons. The van der Waals surface area contributed by atoms with Crippen molar-refractivity contribution in [2.75, 3.05) is 18.6 Å². The van der Waals surface area contributed by atoms with E-state index in [1.807, 2.05) is 25.2 Å². The molecule has 0 radical (unpaired) electrons. The quantitative estimate of drug-likeness (QED) is 0.842. The fourth-order valence-electron chi connectivity index (χ4n) is 1.09. The maximum atomic E-state index is 11.0. The first-order valence-electron chi connectivity index (χ1n) is 3.89. The summed E-state index contributed by atoms with van der Waals surface area (Å²) in [6.45, 7) is 0. The molecule has 0 aromatic heterocycles. The van der Waals surface area contributed by atoms with Crippen molar-refractivity contribution in [1.82, 2.24) is 0 Å². The van der Waals surface area contributed by atoms with Crippen molar-refractivity contribution < 1.29 is 4.21 Å². The molecule has 0 amide bonds. The molecule has 0 saturated carbocycles. The molecule has 0 fully saturated rings. The lowest BCUT2D eigenvalue weighted by atomic mass is 10.2. The van der Waals surface area contributed by atoms with Crippen molar-refractivity contribution >= 4 is 28.1 Å². The molecule has 1 rings (SSSR count). The van der Waals surface area contributed by atoms with Gasteiger partial charge in [0.05, 0.1) is 10.7 Å². The summed E-state index contributed by atoms with van der Waals surface area (Å²) < 4.78 is 11.0. The molecule has 0 aliphatic heterocycles. The van der Waals surface area contributed by atoms with Crippen molar-refractivity contribution in [2.24, 2.45) is 0 Å². The first-order valence-corrected chi connectivity index (χ1v) is 6.00. The minimum atomic E-state index is -0.804. The number of rotatable bonds is 3. The van der Waals surface area contributed by atoms with Gasteiger partial charge in [-0.2, -0.15) is 0 Å². The third-order valence-electron chi connectivity index (χ3n) is 1.67. The third-order valence-corrected chi connectivity index (χ3v) is 2.74. The van der Waals surface area contributed by atoms with Crippen molar-refractivity contribution in [1.29, 1.82) is 0 Å². The predicted molar refractivity (Wildman–Crippen MR) is 58.8 cm³/mol. The Balaban J connectivity index is 2.92. The van der Waals surface area contributed by atoms with Crippen LogP contribution >= 0.6 is 11.6 Å². The lowest BCUT2D eigenvalue weighted by Gasteiger charge is -2.05. The molecule has 2 nitrogen and oxygen atoms in total. The molecule has 4 heteroatoms. The van der Waals surface area contributed by atoms with Crippen LogP contribution in [0.5, 0.6) is 0 Å². The van der Waals surface area contributed by atoms with Crippen LogP contribution < -0.4 is 5.32 Å². The van der Waals surface area contributed by atoms with Crippen LogP contribution in [0.3, 0.4) is 0 Å². The highest BCUT2D eigenvalue weighted by Crippen LogP contribution is 2.22. The van der Waals surface area contributed by atoms with Gasteiger partial charge in [-0.15, -0.1) is 0 Å². The largest absolute Gasteiger partial charge is 0.387 e. The Morgan fingerprint density at radius 2 is 2.23 bits per heavy atom. The van der Waals surface area contributed by atoms with Crippen LogP contribution in [0.2, 0.25) is 5.02 Å². The van der Waals surface area contributed by atoms with Gasteiger partial charge < -0.3 is 5.32 Å². The van der Waals surface area contributed by atoms with Crippen molar-refractivity contribution in [3.8, 4) is 0 Å². The summed E-state index contributed by atoms with van der Waals surface area (Å²) in [5.74, 6) is 0.575. The number of hydrogen-bond donors (Lipinski definition) is 1. The van der Waals surface area contributed by atoms with E-state index < -0.39 is 10.8 Å². The normalized spacial score (nSPS) is 12.5. The van der Waals surface area contributed by atoms with Gasteiger partial charge in [0.25, 0.3) is 0 Å². The minimum Gasteiger partial charge on any atom is -0.387 e. The van der Waals surface area contributed by atoms with E-state index in [2.05, 4.69) is 5.32 Å². The Labute approximate surface area is 85.8 Å². The van der Waals surface area contributed by atoms with Gasteiger partial charge in [-0.05, 0) is 17.7 Å². The summed E-state index contributed by atoms with van der Waals surface area (Å²) in [4.78, 5) is 0. The van der Waals surface area contributed by atoms with E-state index in [4.69, 9.17) is 11.6 Å². The first kappa shape index (κ1) is 10.5. The van der Waals surface area contributed by atoms with Crippen LogP contribution in [0.4, 0.5) is 5.69 Å². The topological polar surface area (TPSA) is 29.1 Å². The lowest BCUT2D eigenvalue weighted by molar-refractivity contribution is 0.686. The molecular formula is C9H12ClNOS. The average molecular weight is 218 g/mol. The first-order chi connectivity index (χ1) is 6.13. The summed E-state index contributed by atoms with van der Waals surface area (Å²) in [6.07, 6.45) is 1.69. The van der Waals surface area contributed by atoms with Crippen LogP contribution in [0.25, 0.3) is 0 Å². The van der Waals surface area contributed by atoms with Gasteiger partial charge in [0.2, 0.25) is 0 Å². The highest BCUT2D eigenvalue weighted by molar-refractivity contribution is 7.83. The second-order valence-corrected chi connectivity index (χ2v) is 4.62. The second kappa shape index (κ2) is 4.63. The van der Waals surface area contributed by atoms with Crippen molar-refractivity contribution in [2.45, 2.75) is 5.75 Å². The van der Waals surface area contributed by atoms with Gasteiger partial charge in [-0.3, -0.25) is 4.21 Å². The molecule has 0 bridgehead atoms. The Hall–Kier alpha value is -0.540. The Bertz CT molecular complexity index is 327. The Morgan fingerprint density at radius 1 is 1.54 bits per heavy atom. The van der Waals surface area contributed by atoms with Gasteiger partial charge in [0.1, 0.15) is 0 Å². The third kappa shape index (κ3) is 3.01. The molecule has 0 saturated heterocycles. The van der Waals surface area contributed by atoms with E-state index >= 15 is 0 Å². The van der Waals surface area contributed by atoms with E-state index in [0.29, 0.717) is 10.8 Å². The van der Waals surface area contributed by atoms with E-state index in [9.17, 15) is 4.21 Å². The highest BCUT2D eigenvalue weighted by Gasteiger charge is 2.01. The molecule has 1 unspecified atom stereocenters. The van der Waals surface area contributed by atoms with Crippen LogP contribution in [-0.2, 0) is 16.6 Å². The zero-order valence-electron chi connectivity index (χ0n) is 7.63. The van der Waals surface area contributed by atoms with E-state index in [-0.39, 0.29) is 0 Å². The van der Waals surface area contributed by atoms with Gasteiger partial charge >= 0.3 is 0 Å². The van der Waals surface area contributed by atoms with E-state index in [1.54, 1.807) is 6.26 Å². The maximum absolute atomic E-state index is 11.0. The summed E-state index contributed by atoms with van der Waals surface area (Å²) >= 11 is 5.89. The van der Waals surface area contributed by atoms with Gasteiger partial charge in [0, 0.05) is 29.9 Å². The molecule has 0 aliphatic rings. The van der Waals surface area contributed by atoms with Gasteiger partial charge in [0.15, 0.2) is 0 Å². The SMILES string of the molecule is CNc1cc(CS(C)=O)ccc1Cl. The molecule has 1 aromatic rings. The van der Waals surface area contributed by atoms with Crippen molar-refractivity contribution in [3.05, 3.63) is 28.8 Å². The van der Waals surface area contributed by atoms with Crippen LogP contribution in [0.1, 0.15) is 5.56 Å². The maximum Gasteiger partial charge on any atom is 0.0637 e. The molecule has 1 N–H and O–H groups in total. The Morgan fingerprint density at radius 3 is 2.77 bits per heavy atom. The fourth-order valence-corrected chi connectivity index (χ4v) is 1.95. The standard InChI is InChI=1S/C9H12ClNOS/c1-11-9-5-7(6-13(2)12)3-4-8(9)10/h3-5,11H,6H2,1-2H3. The average Bonchev–Trinajstić information content (AvgIpc) is 2.07. The summed E-state index contributed by atoms with van der Waals surface area (Å²) in [6, 6.07) is 5.63. The zero-order chi connectivity index (χ0) is 9.84. The van der Waals surface area contributed by atoms with Crippen LogP contribution in [0, 0.1) is 0 Å². The predicted octanol–water partition coefficient (Wildman–Crippen LogP) is 2.26. The number of benzene rings is 1. The summed E-state index contributed by atoms with van der Waals surface area (Å²) in [5.41, 5.74) is 1.92. The van der Waals surface area contributed by atoms with Gasteiger partial charge in [-0.25, -0.2) is 0 Å². The minimum absolute atomic E-state index is 0.575. The van der Waals surface area contributed by atoms with Crippen LogP contribution in [-0.4, -0.2) is 17.5 Å². The molecule has 13 heavy (non-hydrogen) atoms. The van der Waals surface area contributed by atoms with E-state index in [0.717, 1.165) is 11.3 Å². The van der Waals surface area contributed by atoms with Crippen molar-refractivity contribution in [3.63, 3.8) is 0 Å². The monoisotopic (exact) mass is 217 g/mol. The van der Waals surface area contributed by atoms with E-state index in [1.165, 1.54) is 0 Å². The zero-order valence-corrected chi connectivity index (χ0v) is 9.21. The molecular weight excluding hydrogens is 206 g/mol. The molecule has 0 heterocycles. The highest BCUT2D eigenvalue weighted by atomic mass is 35.5. The lowest BCUT2D eigenvalue weighted by Crippen LogP contribution is -1.95. The van der Waals surface area contributed by atoms with Gasteiger partial charge in [-0.1, -0.05) is 17.7 Å². The number of hydrogen-bond acceptors (Lipinski definition) is 2. The smallest absolute Gasteiger partial charge is 0.0637 e. The molecule has 1 atom stereocenters. The van der Waals surface area contributed by atoms with Crippen LogP contribution in [0.15, 0.2) is 18.2 Å². The molecule has 0 aliphatic carbocycles. The molecule has 0 spiro atoms.